The number of rotatable bonds is 4. The van der Waals surface area contributed by atoms with Gasteiger partial charge in [-0.05, 0) is 12.5 Å². The lowest BCUT2D eigenvalue weighted by molar-refractivity contribution is -0.154. The second-order valence-corrected chi connectivity index (χ2v) is 3.72. The molecule has 0 aliphatic rings. The molecule has 0 radical (unpaired) electrons. The average molecular weight is 230 g/mol. The van der Waals surface area contributed by atoms with Gasteiger partial charge in [0, 0.05) is 17.6 Å². The van der Waals surface area contributed by atoms with Gasteiger partial charge in [0.15, 0.2) is 0 Å². The lowest BCUT2D eigenvalue weighted by atomic mass is 10.1. The summed E-state index contributed by atoms with van der Waals surface area (Å²) in [5.74, 6) is -1.42. The van der Waals surface area contributed by atoms with Crippen molar-refractivity contribution >= 4 is 11.9 Å². The molecular formula is C14H14O3. The van der Waals surface area contributed by atoms with Crippen LogP contribution in [0.1, 0.15) is 12.5 Å². The molecule has 0 atom stereocenters. The van der Waals surface area contributed by atoms with E-state index in [2.05, 4.69) is 17.9 Å². The van der Waals surface area contributed by atoms with Crippen LogP contribution >= 0.6 is 0 Å². The van der Waals surface area contributed by atoms with Crippen LogP contribution in [0.25, 0.3) is 0 Å². The van der Waals surface area contributed by atoms with Crippen LogP contribution in [0.15, 0.2) is 54.6 Å². The lowest BCUT2D eigenvalue weighted by Gasteiger charge is -2.05. The van der Waals surface area contributed by atoms with E-state index < -0.39 is 11.9 Å². The van der Waals surface area contributed by atoms with Crippen molar-refractivity contribution in [2.75, 3.05) is 0 Å². The molecule has 1 aromatic rings. The summed E-state index contributed by atoms with van der Waals surface area (Å²) in [6.45, 7) is 8.48. The smallest absolute Gasteiger partial charge is 0.341 e. The summed E-state index contributed by atoms with van der Waals surface area (Å²) in [7, 11) is 0. The van der Waals surface area contributed by atoms with Crippen LogP contribution in [-0.2, 0) is 20.7 Å². The van der Waals surface area contributed by atoms with Crippen molar-refractivity contribution in [1.29, 1.82) is 0 Å². The standard InChI is InChI=1S/C14H14O3/c1-10(2)13(15)17-14(16)11(3)9-12-7-5-4-6-8-12/h4-8H,1,3,9H2,2H3. The van der Waals surface area contributed by atoms with Gasteiger partial charge in [-0.1, -0.05) is 43.5 Å². The van der Waals surface area contributed by atoms with Gasteiger partial charge in [0.25, 0.3) is 0 Å². The zero-order valence-electron chi connectivity index (χ0n) is 9.73. The van der Waals surface area contributed by atoms with E-state index in [1.54, 1.807) is 0 Å². The van der Waals surface area contributed by atoms with E-state index in [4.69, 9.17) is 0 Å². The number of carbonyl (C=O) groups is 2. The first-order valence-electron chi connectivity index (χ1n) is 5.14. The SMILES string of the molecule is C=C(C)C(=O)OC(=O)C(=C)Cc1ccccc1. The molecule has 0 aliphatic heterocycles. The van der Waals surface area contributed by atoms with Gasteiger partial charge in [0.2, 0.25) is 0 Å². The van der Waals surface area contributed by atoms with E-state index in [0.29, 0.717) is 6.42 Å². The average Bonchev–Trinajstić information content (AvgIpc) is 2.29. The molecule has 0 spiro atoms. The van der Waals surface area contributed by atoms with Gasteiger partial charge in [-0.2, -0.15) is 0 Å². The van der Waals surface area contributed by atoms with Crippen molar-refractivity contribution in [1.82, 2.24) is 0 Å². The molecule has 0 saturated carbocycles. The zero-order chi connectivity index (χ0) is 12.8. The Bertz CT molecular complexity index is 458. The first-order chi connectivity index (χ1) is 8.00. The van der Waals surface area contributed by atoms with Gasteiger partial charge in [-0.25, -0.2) is 9.59 Å². The van der Waals surface area contributed by atoms with Crippen LogP contribution in [-0.4, -0.2) is 11.9 Å². The highest BCUT2D eigenvalue weighted by atomic mass is 16.6. The van der Waals surface area contributed by atoms with Crippen LogP contribution in [0.2, 0.25) is 0 Å². The molecule has 0 aromatic heterocycles. The van der Waals surface area contributed by atoms with Crippen LogP contribution in [0, 0.1) is 0 Å². The molecule has 0 aliphatic carbocycles. The topological polar surface area (TPSA) is 43.4 Å². The van der Waals surface area contributed by atoms with E-state index in [1.165, 1.54) is 6.92 Å². The third-order valence-corrected chi connectivity index (χ3v) is 2.08. The Labute approximate surface area is 100 Å². The molecule has 1 aromatic carbocycles. The fourth-order valence-electron chi connectivity index (χ4n) is 1.16. The minimum atomic E-state index is -0.718. The first-order valence-corrected chi connectivity index (χ1v) is 5.14. The van der Waals surface area contributed by atoms with Crippen molar-refractivity contribution < 1.29 is 14.3 Å². The Morgan fingerprint density at radius 3 is 2.24 bits per heavy atom. The number of ether oxygens (including phenoxy) is 1. The molecule has 0 amide bonds. The molecule has 0 fully saturated rings. The molecule has 3 nitrogen and oxygen atoms in total. The Morgan fingerprint density at radius 2 is 1.71 bits per heavy atom. The Kier molecular flexibility index (Phi) is 4.40. The number of hydrogen-bond donors (Lipinski definition) is 0. The number of benzene rings is 1. The highest BCUT2D eigenvalue weighted by Gasteiger charge is 2.14. The Balaban J connectivity index is 2.57. The van der Waals surface area contributed by atoms with E-state index in [-0.39, 0.29) is 11.1 Å². The molecule has 1 rings (SSSR count). The van der Waals surface area contributed by atoms with E-state index in [0.717, 1.165) is 5.56 Å². The number of esters is 2. The van der Waals surface area contributed by atoms with Crippen molar-refractivity contribution in [3.63, 3.8) is 0 Å². The Morgan fingerprint density at radius 1 is 1.12 bits per heavy atom. The summed E-state index contributed by atoms with van der Waals surface area (Å²) >= 11 is 0. The van der Waals surface area contributed by atoms with Gasteiger partial charge >= 0.3 is 11.9 Å². The van der Waals surface area contributed by atoms with Gasteiger partial charge in [0.1, 0.15) is 0 Å². The molecule has 0 heterocycles. The van der Waals surface area contributed by atoms with E-state index in [1.807, 2.05) is 30.3 Å². The summed E-state index contributed by atoms with van der Waals surface area (Å²) in [6, 6.07) is 9.37. The maximum absolute atomic E-state index is 11.5. The van der Waals surface area contributed by atoms with E-state index >= 15 is 0 Å². The molecule has 0 saturated heterocycles. The third-order valence-electron chi connectivity index (χ3n) is 2.08. The summed E-state index contributed by atoms with van der Waals surface area (Å²) in [5.41, 5.74) is 1.37. The highest BCUT2D eigenvalue weighted by Crippen LogP contribution is 2.08. The summed E-state index contributed by atoms with van der Waals surface area (Å²) < 4.78 is 4.57. The van der Waals surface area contributed by atoms with Crippen molar-refractivity contribution in [2.45, 2.75) is 13.3 Å². The van der Waals surface area contributed by atoms with Gasteiger partial charge in [-0.15, -0.1) is 0 Å². The third kappa shape index (κ3) is 4.07. The lowest BCUT2D eigenvalue weighted by Crippen LogP contribution is -2.15. The van der Waals surface area contributed by atoms with Crippen LogP contribution in [0.5, 0.6) is 0 Å². The first kappa shape index (κ1) is 12.9. The summed E-state index contributed by atoms with van der Waals surface area (Å²) in [6.07, 6.45) is 0.364. The minimum absolute atomic E-state index is 0.186. The number of carbonyl (C=O) groups excluding carboxylic acids is 2. The molecule has 0 unspecified atom stereocenters. The molecule has 17 heavy (non-hydrogen) atoms. The summed E-state index contributed by atoms with van der Waals surface area (Å²) in [5, 5.41) is 0. The fraction of sp³-hybridized carbons (Fsp3) is 0.143. The molecule has 0 bridgehead atoms. The van der Waals surface area contributed by atoms with Gasteiger partial charge in [-0.3, -0.25) is 0 Å². The van der Waals surface area contributed by atoms with Crippen molar-refractivity contribution in [3.8, 4) is 0 Å². The van der Waals surface area contributed by atoms with Gasteiger partial charge < -0.3 is 4.74 Å². The zero-order valence-corrected chi connectivity index (χ0v) is 9.73. The largest absolute Gasteiger partial charge is 0.386 e. The second-order valence-electron chi connectivity index (χ2n) is 3.72. The monoisotopic (exact) mass is 230 g/mol. The second kappa shape index (κ2) is 5.80. The van der Waals surface area contributed by atoms with Crippen molar-refractivity contribution in [2.24, 2.45) is 0 Å². The maximum Gasteiger partial charge on any atom is 0.341 e. The predicted molar refractivity (Wildman–Crippen MR) is 65.2 cm³/mol. The highest BCUT2D eigenvalue weighted by molar-refractivity contribution is 6.01. The van der Waals surface area contributed by atoms with Crippen LogP contribution < -0.4 is 0 Å². The molecule has 3 heteroatoms. The van der Waals surface area contributed by atoms with Crippen LogP contribution in [0.3, 0.4) is 0 Å². The van der Waals surface area contributed by atoms with Crippen LogP contribution in [0.4, 0.5) is 0 Å². The van der Waals surface area contributed by atoms with E-state index in [9.17, 15) is 9.59 Å². The Hall–Kier alpha value is -2.16. The molecule has 88 valence electrons. The quantitative estimate of drug-likeness (QED) is 0.453. The van der Waals surface area contributed by atoms with Crippen molar-refractivity contribution in [3.05, 3.63) is 60.2 Å². The maximum atomic E-state index is 11.5. The molecular weight excluding hydrogens is 216 g/mol. The summed E-state index contributed by atoms with van der Waals surface area (Å²) in [4.78, 5) is 22.6. The molecule has 0 N–H and O–H groups in total. The normalized spacial score (nSPS) is 9.47. The minimum Gasteiger partial charge on any atom is -0.386 e. The van der Waals surface area contributed by atoms with Gasteiger partial charge in [0.05, 0.1) is 0 Å². The fourth-order valence-corrected chi connectivity index (χ4v) is 1.16. The predicted octanol–water partition coefficient (Wildman–Crippen LogP) is 2.43. The number of hydrogen-bond acceptors (Lipinski definition) is 3.